The number of ether oxygens (including phenoxy) is 1. The van der Waals surface area contributed by atoms with Gasteiger partial charge in [-0.1, -0.05) is 43.3 Å². The van der Waals surface area contributed by atoms with E-state index in [1.165, 1.54) is 10.5 Å². The predicted molar refractivity (Wildman–Crippen MR) is 131 cm³/mol. The Morgan fingerprint density at radius 1 is 0.971 bits per heavy atom. The Labute approximate surface area is 199 Å². The molecule has 34 heavy (non-hydrogen) atoms. The number of imide groups is 1. The summed E-state index contributed by atoms with van der Waals surface area (Å²) in [5, 5.41) is 0. The molecular weight excluding hydrogens is 426 g/mol. The standard InChI is InChI=1S/C28H27N3O3/c1-2-17-34-23-13-11-22(12-14-23)25-26(30-16-6-9-21-8-3-4-10-24(21)30)28(33)31(27(25)32)19-20-7-5-15-29-18-20/h3-5,7-8,10-15,18H,2,6,9,16-17,19H2,1H3. The van der Waals surface area contributed by atoms with Crippen molar-refractivity contribution in [3.05, 3.63) is 95.4 Å². The van der Waals surface area contributed by atoms with Crippen molar-refractivity contribution in [2.24, 2.45) is 0 Å². The molecule has 6 heteroatoms. The minimum atomic E-state index is -0.283. The van der Waals surface area contributed by atoms with Crippen molar-refractivity contribution in [1.29, 1.82) is 0 Å². The van der Waals surface area contributed by atoms with Crippen LogP contribution in [0, 0.1) is 0 Å². The zero-order chi connectivity index (χ0) is 23.5. The number of fused-ring (bicyclic) bond motifs is 1. The number of amides is 2. The fourth-order valence-corrected chi connectivity index (χ4v) is 4.60. The predicted octanol–water partition coefficient (Wildman–Crippen LogP) is 4.60. The van der Waals surface area contributed by atoms with Gasteiger partial charge in [-0.15, -0.1) is 0 Å². The van der Waals surface area contributed by atoms with Crippen molar-refractivity contribution >= 4 is 23.1 Å². The van der Waals surface area contributed by atoms with Gasteiger partial charge in [-0.25, -0.2) is 0 Å². The molecular formula is C28H27N3O3. The summed E-state index contributed by atoms with van der Waals surface area (Å²) in [6.07, 6.45) is 6.16. The van der Waals surface area contributed by atoms with Crippen LogP contribution in [-0.2, 0) is 22.6 Å². The maximum absolute atomic E-state index is 13.8. The average Bonchev–Trinajstić information content (AvgIpc) is 3.12. The second kappa shape index (κ2) is 9.51. The minimum Gasteiger partial charge on any atom is -0.494 e. The highest BCUT2D eigenvalue weighted by Crippen LogP contribution is 2.38. The molecule has 0 atom stereocenters. The molecule has 0 aliphatic carbocycles. The van der Waals surface area contributed by atoms with Gasteiger partial charge < -0.3 is 9.64 Å². The molecule has 5 rings (SSSR count). The van der Waals surface area contributed by atoms with Gasteiger partial charge >= 0.3 is 0 Å². The van der Waals surface area contributed by atoms with E-state index in [0.717, 1.165) is 36.3 Å². The van der Waals surface area contributed by atoms with Crippen LogP contribution in [0.15, 0.2) is 78.8 Å². The Hall–Kier alpha value is -3.93. The van der Waals surface area contributed by atoms with Crippen LogP contribution in [0.5, 0.6) is 5.75 Å². The number of carbonyl (C=O) groups excluding carboxylic acids is 2. The van der Waals surface area contributed by atoms with Gasteiger partial charge in [0.05, 0.1) is 18.7 Å². The van der Waals surface area contributed by atoms with Gasteiger partial charge in [0.1, 0.15) is 11.4 Å². The molecule has 0 spiro atoms. The lowest BCUT2D eigenvalue weighted by molar-refractivity contribution is -0.137. The Morgan fingerprint density at radius 3 is 2.56 bits per heavy atom. The summed E-state index contributed by atoms with van der Waals surface area (Å²) in [5.41, 5.74) is 4.60. The first-order valence-corrected chi connectivity index (χ1v) is 11.8. The molecule has 172 valence electrons. The zero-order valence-corrected chi connectivity index (χ0v) is 19.2. The Morgan fingerprint density at radius 2 is 1.79 bits per heavy atom. The molecule has 2 aliphatic heterocycles. The molecule has 6 nitrogen and oxygen atoms in total. The number of nitrogens with zero attached hydrogens (tertiary/aromatic N) is 3. The quantitative estimate of drug-likeness (QED) is 0.489. The number of para-hydroxylation sites is 1. The summed E-state index contributed by atoms with van der Waals surface area (Å²) < 4.78 is 5.71. The van der Waals surface area contributed by atoms with Crippen LogP contribution in [-0.4, -0.2) is 34.8 Å². The smallest absolute Gasteiger partial charge is 0.278 e. The third-order valence-corrected chi connectivity index (χ3v) is 6.20. The lowest BCUT2D eigenvalue weighted by Gasteiger charge is -2.32. The van der Waals surface area contributed by atoms with Gasteiger partial charge in [0.15, 0.2) is 0 Å². The number of hydrogen-bond acceptors (Lipinski definition) is 5. The number of benzene rings is 2. The first-order chi connectivity index (χ1) is 16.7. The van der Waals surface area contributed by atoms with Crippen molar-refractivity contribution in [1.82, 2.24) is 9.88 Å². The maximum atomic E-state index is 13.8. The van der Waals surface area contributed by atoms with E-state index < -0.39 is 0 Å². The topological polar surface area (TPSA) is 62.7 Å². The second-order valence-electron chi connectivity index (χ2n) is 8.54. The van der Waals surface area contributed by atoms with Crippen molar-refractivity contribution in [2.45, 2.75) is 32.7 Å². The fourth-order valence-electron chi connectivity index (χ4n) is 4.60. The maximum Gasteiger partial charge on any atom is 0.278 e. The number of rotatable bonds is 7. The summed E-state index contributed by atoms with van der Waals surface area (Å²) in [6, 6.07) is 19.3. The fraction of sp³-hybridized carbons (Fsp3) is 0.250. The zero-order valence-electron chi connectivity index (χ0n) is 19.2. The number of hydrogen-bond donors (Lipinski definition) is 0. The second-order valence-corrected chi connectivity index (χ2v) is 8.54. The number of aryl methyl sites for hydroxylation is 1. The molecule has 2 aromatic carbocycles. The van der Waals surface area contributed by atoms with Gasteiger partial charge in [-0.3, -0.25) is 19.5 Å². The van der Waals surface area contributed by atoms with E-state index in [0.29, 0.717) is 30.0 Å². The summed E-state index contributed by atoms with van der Waals surface area (Å²) >= 11 is 0. The lowest BCUT2D eigenvalue weighted by atomic mass is 9.98. The highest BCUT2D eigenvalue weighted by Gasteiger charge is 2.42. The van der Waals surface area contributed by atoms with Gasteiger partial charge in [0.2, 0.25) is 0 Å². The minimum absolute atomic E-state index is 0.186. The Kier molecular flexibility index (Phi) is 6.12. The van der Waals surface area contributed by atoms with E-state index >= 15 is 0 Å². The van der Waals surface area contributed by atoms with Crippen molar-refractivity contribution in [3.8, 4) is 5.75 Å². The van der Waals surface area contributed by atoms with E-state index in [-0.39, 0.29) is 18.4 Å². The van der Waals surface area contributed by atoms with Crippen molar-refractivity contribution in [3.63, 3.8) is 0 Å². The van der Waals surface area contributed by atoms with Crippen LogP contribution in [0.1, 0.15) is 36.5 Å². The van der Waals surface area contributed by atoms with E-state index in [4.69, 9.17) is 4.74 Å². The van der Waals surface area contributed by atoms with Gasteiger partial charge in [0.25, 0.3) is 11.8 Å². The normalized spacial score (nSPS) is 15.7. The van der Waals surface area contributed by atoms with E-state index in [1.54, 1.807) is 12.4 Å². The van der Waals surface area contributed by atoms with E-state index in [9.17, 15) is 9.59 Å². The van der Waals surface area contributed by atoms with Gasteiger partial charge in [-0.2, -0.15) is 0 Å². The molecule has 0 unspecified atom stereocenters. The molecule has 0 fully saturated rings. The van der Waals surface area contributed by atoms with Crippen molar-refractivity contribution in [2.75, 3.05) is 18.1 Å². The van der Waals surface area contributed by atoms with Crippen LogP contribution in [0.25, 0.3) is 5.57 Å². The molecule has 2 amide bonds. The molecule has 1 aromatic heterocycles. The molecule has 3 aromatic rings. The SMILES string of the molecule is CCCOc1ccc(C2=C(N3CCCc4ccccc43)C(=O)N(Cc3cccnc3)C2=O)cc1. The molecule has 0 radical (unpaired) electrons. The molecule has 2 aliphatic rings. The molecule has 0 bridgehead atoms. The van der Waals surface area contributed by atoms with Gasteiger partial charge in [0, 0.05) is 24.6 Å². The monoisotopic (exact) mass is 453 g/mol. The average molecular weight is 454 g/mol. The van der Waals surface area contributed by atoms with Crippen LogP contribution < -0.4 is 9.64 Å². The molecule has 3 heterocycles. The first kappa shape index (κ1) is 21.9. The van der Waals surface area contributed by atoms with Crippen LogP contribution in [0.3, 0.4) is 0 Å². The summed E-state index contributed by atoms with van der Waals surface area (Å²) in [4.78, 5) is 35.0. The van der Waals surface area contributed by atoms with Crippen molar-refractivity contribution < 1.29 is 14.3 Å². The van der Waals surface area contributed by atoms with Gasteiger partial charge in [-0.05, 0) is 60.2 Å². The lowest BCUT2D eigenvalue weighted by Crippen LogP contribution is -2.36. The number of aromatic nitrogens is 1. The van der Waals surface area contributed by atoms with Crippen LogP contribution >= 0.6 is 0 Å². The highest BCUT2D eigenvalue weighted by atomic mass is 16.5. The van der Waals surface area contributed by atoms with Crippen LogP contribution in [0.2, 0.25) is 0 Å². The molecule has 0 N–H and O–H groups in total. The number of carbonyl (C=O) groups is 2. The van der Waals surface area contributed by atoms with E-state index in [1.807, 2.05) is 59.5 Å². The third-order valence-electron chi connectivity index (χ3n) is 6.20. The van der Waals surface area contributed by atoms with Crippen LogP contribution in [0.4, 0.5) is 5.69 Å². The largest absolute Gasteiger partial charge is 0.494 e. The number of anilines is 1. The Balaban J connectivity index is 1.58. The summed E-state index contributed by atoms with van der Waals surface area (Å²) in [5.74, 6) is 0.195. The summed E-state index contributed by atoms with van der Waals surface area (Å²) in [7, 11) is 0. The van der Waals surface area contributed by atoms with E-state index in [2.05, 4.69) is 18.0 Å². The Bertz CT molecular complexity index is 1240. The first-order valence-electron chi connectivity index (χ1n) is 11.8. The molecule has 0 saturated carbocycles. The number of pyridine rings is 1. The third kappa shape index (κ3) is 4.07. The summed E-state index contributed by atoms with van der Waals surface area (Å²) in [6.45, 7) is 3.56. The highest BCUT2D eigenvalue weighted by molar-refractivity contribution is 6.36. The molecule has 0 saturated heterocycles.